The van der Waals surface area contributed by atoms with Crippen molar-refractivity contribution in [3.8, 4) is 0 Å². The van der Waals surface area contributed by atoms with Crippen molar-refractivity contribution in [2.45, 2.75) is 13.0 Å². The Bertz CT molecular complexity index is 674. The number of carbonyl (C=O) groups excluding carboxylic acids is 2. The molecule has 3 fully saturated rings. The van der Waals surface area contributed by atoms with Gasteiger partial charge in [0.15, 0.2) is 0 Å². The van der Waals surface area contributed by atoms with Gasteiger partial charge in [-0.15, -0.1) is 0 Å². The van der Waals surface area contributed by atoms with E-state index in [1.165, 1.54) is 23.5 Å². The number of likely N-dealkylation sites (tertiary alicyclic amines) is 1. The Morgan fingerprint density at radius 2 is 1.50 bits per heavy atom. The Kier molecular flexibility index (Phi) is 2.32. The summed E-state index contributed by atoms with van der Waals surface area (Å²) in [5, 5.41) is 0. The van der Waals surface area contributed by atoms with E-state index in [-0.39, 0.29) is 47.8 Å². The Morgan fingerprint density at radius 3 is 2.05 bits per heavy atom. The normalized spacial score (nSPS) is 40.9. The third-order valence-electron chi connectivity index (χ3n) is 6.01. The first-order valence-electron chi connectivity index (χ1n) is 7.93. The molecule has 1 aromatic carbocycles. The monoisotopic (exact) mass is 297 g/mol. The van der Waals surface area contributed by atoms with Crippen LogP contribution in [0.15, 0.2) is 36.4 Å². The van der Waals surface area contributed by atoms with Crippen molar-refractivity contribution in [3.05, 3.63) is 47.8 Å². The molecule has 22 heavy (non-hydrogen) atoms. The smallest absolute Gasteiger partial charge is 0.234 e. The summed E-state index contributed by atoms with van der Waals surface area (Å²) in [4.78, 5) is 26.9. The molecule has 0 spiro atoms. The lowest BCUT2D eigenvalue weighted by molar-refractivity contribution is -0.140. The predicted molar refractivity (Wildman–Crippen MR) is 76.7 cm³/mol. The number of carbonyl (C=O) groups is 2. The van der Waals surface area contributed by atoms with Crippen LogP contribution in [-0.2, 0) is 16.1 Å². The van der Waals surface area contributed by atoms with Gasteiger partial charge >= 0.3 is 0 Å². The average molecular weight is 297 g/mol. The van der Waals surface area contributed by atoms with E-state index in [0.29, 0.717) is 11.8 Å². The molecule has 3 nitrogen and oxygen atoms in total. The topological polar surface area (TPSA) is 37.4 Å². The second-order valence-electron chi connectivity index (χ2n) is 7.04. The molecular weight excluding hydrogens is 281 g/mol. The molecular formula is C18H16FNO2. The zero-order valence-electron chi connectivity index (χ0n) is 12.0. The first-order chi connectivity index (χ1) is 10.6. The lowest BCUT2D eigenvalue weighted by Gasteiger charge is -2.37. The van der Waals surface area contributed by atoms with E-state index in [1.54, 1.807) is 12.1 Å². The van der Waals surface area contributed by atoms with Crippen molar-refractivity contribution in [1.82, 2.24) is 4.90 Å². The number of rotatable bonds is 2. The van der Waals surface area contributed by atoms with E-state index in [1.807, 2.05) is 0 Å². The highest BCUT2D eigenvalue weighted by atomic mass is 19.1. The molecule has 0 aromatic heterocycles. The zero-order chi connectivity index (χ0) is 15.0. The molecule has 0 radical (unpaired) electrons. The molecule has 0 unspecified atom stereocenters. The van der Waals surface area contributed by atoms with Crippen molar-refractivity contribution in [3.63, 3.8) is 0 Å². The summed E-state index contributed by atoms with van der Waals surface area (Å²) in [7, 11) is 0. The van der Waals surface area contributed by atoms with Crippen molar-refractivity contribution in [2.24, 2.45) is 35.5 Å². The molecule has 4 aliphatic carbocycles. The number of nitrogens with zero attached hydrogens (tertiary/aromatic N) is 1. The summed E-state index contributed by atoms with van der Waals surface area (Å²) < 4.78 is 13.0. The number of imide groups is 1. The van der Waals surface area contributed by atoms with Crippen LogP contribution in [0.1, 0.15) is 12.0 Å². The maximum Gasteiger partial charge on any atom is 0.234 e. The number of halogens is 1. The van der Waals surface area contributed by atoms with Crippen LogP contribution in [0.5, 0.6) is 0 Å². The molecule has 1 aromatic rings. The van der Waals surface area contributed by atoms with Crippen LogP contribution in [0.3, 0.4) is 0 Å². The van der Waals surface area contributed by atoms with Crippen molar-refractivity contribution in [2.75, 3.05) is 0 Å². The molecule has 5 aliphatic rings. The fourth-order valence-electron chi connectivity index (χ4n) is 4.95. The lowest BCUT2D eigenvalue weighted by Crippen LogP contribution is -2.40. The Morgan fingerprint density at radius 1 is 0.955 bits per heavy atom. The van der Waals surface area contributed by atoms with Crippen molar-refractivity contribution >= 4 is 11.8 Å². The van der Waals surface area contributed by atoms with Gasteiger partial charge in [-0.05, 0) is 47.8 Å². The number of allylic oxidation sites excluding steroid dienone is 2. The number of hydrogen-bond acceptors (Lipinski definition) is 2. The van der Waals surface area contributed by atoms with Crippen molar-refractivity contribution < 1.29 is 14.0 Å². The fraction of sp³-hybridized carbons (Fsp3) is 0.444. The summed E-state index contributed by atoms with van der Waals surface area (Å²) in [6.07, 6.45) is 5.52. The van der Waals surface area contributed by atoms with E-state index >= 15 is 0 Å². The number of hydrogen-bond donors (Lipinski definition) is 0. The van der Waals surface area contributed by atoms with Crippen LogP contribution in [0.25, 0.3) is 0 Å². The van der Waals surface area contributed by atoms with Crippen LogP contribution < -0.4 is 0 Å². The second-order valence-corrected chi connectivity index (χ2v) is 7.04. The third-order valence-corrected chi connectivity index (χ3v) is 6.01. The highest BCUT2D eigenvalue weighted by Crippen LogP contribution is 2.65. The van der Waals surface area contributed by atoms with Crippen LogP contribution in [0.4, 0.5) is 4.39 Å². The predicted octanol–water partition coefficient (Wildman–Crippen LogP) is 2.38. The molecule has 4 heteroatoms. The van der Waals surface area contributed by atoms with Gasteiger partial charge < -0.3 is 0 Å². The molecule has 2 saturated carbocycles. The number of amides is 2. The first kappa shape index (κ1) is 12.6. The summed E-state index contributed by atoms with van der Waals surface area (Å²) in [5.74, 6) is 1.12. The maximum absolute atomic E-state index is 13.0. The van der Waals surface area contributed by atoms with Gasteiger partial charge in [-0.1, -0.05) is 24.3 Å². The SMILES string of the molecule is O=C1[C@@H]2[C@H]3C=C[C@H]([C@@H]4C[C@H]34)[C@@H]2C(=O)N1Cc1ccc(F)cc1. The van der Waals surface area contributed by atoms with Crippen LogP contribution in [-0.4, -0.2) is 16.7 Å². The molecule has 1 aliphatic heterocycles. The minimum Gasteiger partial charge on any atom is -0.278 e. The van der Waals surface area contributed by atoms with Crippen LogP contribution >= 0.6 is 0 Å². The molecule has 6 rings (SSSR count). The van der Waals surface area contributed by atoms with Gasteiger partial charge in [0.25, 0.3) is 0 Å². The molecule has 6 atom stereocenters. The standard InChI is InChI=1S/C18H16FNO2/c19-10-3-1-9(2-4-10)8-20-17(21)15-11-5-6-12(14-7-13(11)14)16(15)18(20)22/h1-6,11-16H,7-8H2/t11-,12+,13+,14-,15+,16-. The van der Waals surface area contributed by atoms with Gasteiger partial charge in [-0.2, -0.15) is 0 Å². The van der Waals surface area contributed by atoms with Crippen LogP contribution in [0, 0.1) is 41.3 Å². The summed E-state index contributed by atoms with van der Waals surface area (Å²) in [6.45, 7) is 0.264. The van der Waals surface area contributed by atoms with E-state index in [4.69, 9.17) is 0 Å². The van der Waals surface area contributed by atoms with Gasteiger partial charge in [0.1, 0.15) is 5.82 Å². The molecule has 1 heterocycles. The quantitative estimate of drug-likeness (QED) is 0.621. The second kappa shape index (κ2) is 4.06. The zero-order valence-corrected chi connectivity index (χ0v) is 12.0. The lowest BCUT2D eigenvalue weighted by atomic mass is 9.63. The third kappa shape index (κ3) is 1.50. The van der Waals surface area contributed by atoms with E-state index in [0.717, 1.165) is 5.56 Å². The van der Waals surface area contributed by atoms with Gasteiger partial charge in [-0.3, -0.25) is 14.5 Å². The van der Waals surface area contributed by atoms with Crippen molar-refractivity contribution in [1.29, 1.82) is 0 Å². The minimum absolute atomic E-state index is 0.0241. The Labute approximate surface area is 127 Å². The Balaban J connectivity index is 1.46. The highest BCUT2D eigenvalue weighted by molar-refractivity contribution is 6.06. The minimum atomic E-state index is -0.307. The van der Waals surface area contributed by atoms with Crippen LogP contribution in [0.2, 0.25) is 0 Å². The van der Waals surface area contributed by atoms with Gasteiger partial charge in [0.05, 0.1) is 18.4 Å². The molecule has 112 valence electrons. The molecule has 2 bridgehead atoms. The Hall–Kier alpha value is -1.97. The van der Waals surface area contributed by atoms with E-state index in [9.17, 15) is 14.0 Å². The first-order valence-corrected chi connectivity index (χ1v) is 7.93. The summed E-state index contributed by atoms with van der Waals surface area (Å²) >= 11 is 0. The summed E-state index contributed by atoms with van der Waals surface area (Å²) in [5.41, 5.74) is 0.798. The van der Waals surface area contributed by atoms with Gasteiger partial charge in [0, 0.05) is 0 Å². The largest absolute Gasteiger partial charge is 0.278 e. The van der Waals surface area contributed by atoms with Gasteiger partial charge in [0.2, 0.25) is 11.8 Å². The summed E-state index contributed by atoms with van der Waals surface area (Å²) in [6, 6.07) is 6.02. The fourth-order valence-corrected chi connectivity index (χ4v) is 4.95. The average Bonchev–Trinajstić information content (AvgIpc) is 3.30. The maximum atomic E-state index is 13.0. The van der Waals surface area contributed by atoms with Gasteiger partial charge in [-0.25, -0.2) is 4.39 Å². The van der Waals surface area contributed by atoms with E-state index in [2.05, 4.69) is 12.2 Å². The molecule has 0 N–H and O–H groups in total. The highest BCUT2D eigenvalue weighted by Gasteiger charge is 2.66. The molecule has 2 amide bonds. The molecule has 1 saturated heterocycles. The number of benzene rings is 1. The van der Waals surface area contributed by atoms with E-state index < -0.39 is 0 Å².